The summed E-state index contributed by atoms with van der Waals surface area (Å²) in [6.45, 7) is 1.99. The number of carbonyl (C=O) groups is 2. The zero-order chi connectivity index (χ0) is 16.8. The van der Waals surface area contributed by atoms with E-state index < -0.39 is 11.9 Å². The molecule has 2 rings (SSSR count). The van der Waals surface area contributed by atoms with Gasteiger partial charge in [-0.15, -0.1) is 0 Å². The molecule has 1 amide bonds. The van der Waals surface area contributed by atoms with Crippen molar-refractivity contribution >= 4 is 40.2 Å². The summed E-state index contributed by atoms with van der Waals surface area (Å²) in [5, 5.41) is 11.9. The summed E-state index contributed by atoms with van der Waals surface area (Å²) in [5.74, 6) is -1.84. The smallest absolute Gasteiger partial charge is 0.304 e. The zero-order valence-corrected chi connectivity index (χ0v) is 14.9. The molecule has 120 valence electrons. The molecule has 2 aromatic rings. The molecule has 0 aliphatic carbocycles. The Balaban J connectivity index is 2.13. The molecule has 0 bridgehead atoms. The van der Waals surface area contributed by atoms with Gasteiger partial charge in [-0.25, -0.2) is 0 Å². The van der Waals surface area contributed by atoms with Crippen molar-refractivity contribution < 1.29 is 14.7 Å². The second kappa shape index (κ2) is 8.10. The number of halogens is 1. The Morgan fingerprint density at radius 1 is 1.13 bits per heavy atom. The highest BCUT2D eigenvalue weighted by molar-refractivity contribution is 14.1. The predicted octanol–water partition coefficient (Wildman–Crippen LogP) is 3.87. The van der Waals surface area contributed by atoms with Crippen LogP contribution in [-0.4, -0.2) is 17.0 Å². The van der Waals surface area contributed by atoms with E-state index in [9.17, 15) is 9.59 Å². The van der Waals surface area contributed by atoms with Crippen molar-refractivity contribution in [2.24, 2.45) is 5.92 Å². The molecular formula is C18H18INO3. The van der Waals surface area contributed by atoms with Gasteiger partial charge >= 0.3 is 5.97 Å². The minimum Gasteiger partial charge on any atom is -0.481 e. The Morgan fingerprint density at radius 2 is 1.78 bits per heavy atom. The van der Waals surface area contributed by atoms with Crippen LogP contribution in [0.2, 0.25) is 0 Å². The molecule has 0 aromatic heterocycles. The van der Waals surface area contributed by atoms with Gasteiger partial charge in [-0.05, 0) is 53.6 Å². The van der Waals surface area contributed by atoms with Crippen LogP contribution in [0.1, 0.15) is 17.5 Å². The van der Waals surface area contributed by atoms with Gasteiger partial charge in [0.1, 0.15) is 0 Å². The average molecular weight is 423 g/mol. The molecule has 0 fully saturated rings. The highest BCUT2D eigenvalue weighted by Crippen LogP contribution is 2.20. The fourth-order valence-corrected chi connectivity index (χ4v) is 2.80. The van der Waals surface area contributed by atoms with Gasteiger partial charge in [-0.3, -0.25) is 9.59 Å². The SMILES string of the molecule is Cc1ccc(C[C@@H](CC(=O)O)C(=O)Nc2ccccc2I)cc1. The number of hydrogen-bond acceptors (Lipinski definition) is 2. The van der Waals surface area contributed by atoms with Crippen molar-refractivity contribution in [3.05, 3.63) is 63.2 Å². The minimum atomic E-state index is -0.972. The molecule has 0 unspecified atom stereocenters. The zero-order valence-electron chi connectivity index (χ0n) is 12.8. The molecule has 2 N–H and O–H groups in total. The Bertz CT molecular complexity index is 698. The number of para-hydroxylation sites is 1. The molecule has 0 saturated heterocycles. The van der Waals surface area contributed by atoms with Crippen molar-refractivity contribution in [1.29, 1.82) is 0 Å². The van der Waals surface area contributed by atoms with E-state index in [4.69, 9.17) is 5.11 Å². The number of carboxylic acid groups (broad SMARTS) is 1. The van der Waals surface area contributed by atoms with Crippen molar-refractivity contribution in [3.8, 4) is 0 Å². The second-order valence-electron chi connectivity index (χ2n) is 5.45. The number of carbonyl (C=O) groups excluding carboxylic acids is 1. The lowest BCUT2D eigenvalue weighted by atomic mass is 9.94. The molecule has 4 nitrogen and oxygen atoms in total. The van der Waals surface area contributed by atoms with E-state index in [0.717, 1.165) is 14.7 Å². The third kappa shape index (κ3) is 5.35. The Morgan fingerprint density at radius 3 is 2.39 bits per heavy atom. The summed E-state index contributed by atoms with van der Waals surface area (Å²) in [7, 11) is 0. The molecule has 5 heteroatoms. The maximum Gasteiger partial charge on any atom is 0.304 e. The first-order valence-electron chi connectivity index (χ1n) is 7.28. The van der Waals surface area contributed by atoms with E-state index in [-0.39, 0.29) is 12.3 Å². The number of hydrogen-bond donors (Lipinski definition) is 2. The van der Waals surface area contributed by atoms with Crippen LogP contribution in [-0.2, 0) is 16.0 Å². The highest BCUT2D eigenvalue weighted by Gasteiger charge is 2.22. The van der Waals surface area contributed by atoms with Gasteiger partial charge in [0.05, 0.1) is 18.0 Å². The van der Waals surface area contributed by atoms with E-state index in [1.165, 1.54) is 0 Å². The van der Waals surface area contributed by atoms with Crippen LogP contribution in [0.3, 0.4) is 0 Å². The van der Waals surface area contributed by atoms with Crippen LogP contribution in [0.5, 0.6) is 0 Å². The van der Waals surface area contributed by atoms with Gasteiger partial charge < -0.3 is 10.4 Å². The normalized spacial score (nSPS) is 11.7. The van der Waals surface area contributed by atoms with Crippen LogP contribution >= 0.6 is 22.6 Å². The maximum atomic E-state index is 12.5. The minimum absolute atomic E-state index is 0.191. The number of carboxylic acids is 1. The van der Waals surface area contributed by atoms with E-state index in [0.29, 0.717) is 12.1 Å². The summed E-state index contributed by atoms with van der Waals surface area (Å²) in [6.07, 6.45) is 0.213. The van der Waals surface area contributed by atoms with Crippen molar-refractivity contribution in [2.45, 2.75) is 19.8 Å². The van der Waals surface area contributed by atoms with Gasteiger partial charge in [0.2, 0.25) is 5.91 Å². The summed E-state index contributed by atoms with van der Waals surface area (Å²) in [4.78, 5) is 23.6. The molecule has 2 aromatic carbocycles. The van der Waals surface area contributed by atoms with Crippen LogP contribution < -0.4 is 5.32 Å². The monoisotopic (exact) mass is 423 g/mol. The lowest BCUT2D eigenvalue weighted by Crippen LogP contribution is -2.27. The lowest BCUT2D eigenvalue weighted by Gasteiger charge is -2.16. The summed E-state index contributed by atoms with van der Waals surface area (Å²) < 4.78 is 0.919. The topological polar surface area (TPSA) is 66.4 Å². The number of rotatable bonds is 6. The first-order chi connectivity index (χ1) is 11.0. The standard InChI is InChI=1S/C18H18INO3/c1-12-6-8-13(9-7-12)10-14(11-17(21)22)18(23)20-16-5-3-2-4-15(16)19/h2-9,14H,10-11H2,1H3,(H,20,23)(H,21,22)/t14-/m0/s1. The number of benzene rings is 2. The molecule has 0 saturated carbocycles. The number of amides is 1. The lowest BCUT2D eigenvalue weighted by molar-refractivity contribution is -0.140. The quantitative estimate of drug-likeness (QED) is 0.694. The van der Waals surface area contributed by atoms with Gasteiger partial charge in [0.15, 0.2) is 0 Å². The van der Waals surface area contributed by atoms with Gasteiger partial charge in [0, 0.05) is 3.57 Å². The fraction of sp³-hybridized carbons (Fsp3) is 0.222. The first-order valence-corrected chi connectivity index (χ1v) is 8.36. The average Bonchev–Trinajstić information content (AvgIpc) is 2.50. The molecule has 0 spiro atoms. The number of anilines is 1. The third-order valence-electron chi connectivity index (χ3n) is 3.53. The molecule has 0 aliphatic heterocycles. The molecule has 0 heterocycles. The van der Waals surface area contributed by atoms with E-state index >= 15 is 0 Å². The van der Waals surface area contributed by atoms with E-state index in [1.54, 1.807) is 0 Å². The van der Waals surface area contributed by atoms with Crippen molar-refractivity contribution in [2.75, 3.05) is 5.32 Å². The van der Waals surface area contributed by atoms with Gasteiger partial charge in [0.25, 0.3) is 0 Å². The van der Waals surface area contributed by atoms with Gasteiger partial charge in [-0.1, -0.05) is 42.0 Å². The summed E-state index contributed by atoms with van der Waals surface area (Å²) in [6, 6.07) is 15.2. The maximum absolute atomic E-state index is 12.5. The second-order valence-corrected chi connectivity index (χ2v) is 6.62. The molecule has 0 radical (unpaired) electrons. The molecule has 0 aliphatic rings. The van der Waals surface area contributed by atoms with Crippen molar-refractivity contribution in [3.63, 3.8) is 0 Å². The van der Waals surface area contributed by atoms with Crippen LogP contribution in [0.4, 0.5) is 5.69 Å². The number of aryl methyl sites for hydroxylation is 1. The first kappa shape index (κ1) is 17.5. The number of nitrogens with one attached hydrogen (secondary N) is 1. The van der Waals surface area contributed by atoms with Crippen LogP contribution in [0.25, 0.3) is 0 Å². The summed E-state index contributed by atoms with van der Waals surface area (Å²) in [5.41, 5.74) is 2.80. The predicted molar refractivity (Wildman–Crippen MR) is 98.4 cm³/mol. The van der Waals surface area contributed by atoms with Gasteiger partial charge in [-0.2, -0.15) is 0 Å². The molecule has 23 heavy (non-hydrogen) atoms. The van der Waals surface area contributed by atoms with E-state index in [2.05, 4.69) is 27.9 Å². The summed E-state index contributed by atoms with van der Waals surface area (Å²) >= 11 is 2.14. The Hall–Kier alpha value is -1.89. The van der Waals surface area contributed by atoms with E-state index in [1.807, 2.05) is 55.5 Å². The Kier molecular flexibility index (Phi) is 6.15. The number of aliphatic carboxylic acids is 1. The van der Waals surface area contributed by atoms with Crippen LogP contribution in [0.15, 0.2) is 48.5 Å². The molecular weight excluding hydrogens is 405 g/mol. The Labute approximate surface area is 149 Å². The largest absolute Gasteiger partial charge is 0.481 e. The van der Waals surface area contributed by atoms with Crippen molar-refractivity contribution in [1.82, 2.24) is 0 Å². The third-order valence-corrected chi connectivity index (χ3v) is 4.47. The molecule has 1 atom stereocenters. The highest BCUT2D eigenvalue weighted by atomic mass is 127. The fourth-order valence-electron chi connectivity index (χ4n) is 2.27. The van der Waals surface area contributed by atoms with Crippen LogP contribution in [0, 0.1) is 16.4 Å².